The first-order valence-electron chi connectivity index (χ1n) is 9.64. The molecule has 30 heavy (non-hydrogen) atoms. The van der Waals surface area contributed by atoms with E-state index < -0.39 is 17.7 Å². The summed E-state index contributed by atoms with van der Waals surface area (Å²) in [6, 6.07) is 19.5. The Bertz CT molecular complexity index is 1090. The zero-order valence-electron chi connectivity index (χ0n) is 16.6. The highest BCUT2D eigenvalue weighted by molar-refractivity contribution is 7.10. The van der Waals surface area contributed by atoms with Crippen LogP contribution in [0.2, 0.25) is 0 Å². The third kappa shape index (κ3) is 3.62. The van der Waals surface area contributed by atoms with Crippen molar-refractivity contribution in [3.8, 4) is 11.5 Å². The molecule has 0 aliphatic carbocycles. The van der Waals surface area contributed by atoms with Gasteiger partial charge in [-0.15, -0.1) is 11.3 Å². The first kappa shape index (κ1) is 19.9. The van der Waals surface area contributed by atoms with Gasteiger partial charge < -0.3 is 9.84 Å². The molecule has 4 rings (SSSR count). The normalized spacial score (nSPS) is 16.4. The van der Waals surface area contributed by atoms with Gasteiger partial charge >= 0.3 is 0 Å². The minimum Gasteiger partial charge on any atom is -0.503 e. The average Bonchev–Trinajstić information content (AvgIpc) is 3.36. The minimum atomic E-state index is -0.645. The van der Waals surface area contributed by atoms with E-state index in [1.165, 1.54) is 16.2 Å². The third-order valence-electron chi connectivity index (χ3n) is 4.90. The number of hydrogen-bond donors (Lipinski definition) is 1. The second-order valence-corrected chi connectivity index (χ2v) is 8.26. The number of nitrogens with zero attached hydrogens (tertiary/aromatic N) is 1. The number of aliphatic hydroxyl groups is 1. The maximum absolute atomic E-state index is 13.0. The molecule has 1 N–H and O–H groups in total. The molecule has 1 aliphatic rings. The van der Waals surface area contributed by atoms with Crippen LogP contribution in [0.5, 0.6) is 11.5 Å². The number of thiophene rings is 1. The van der Waals surface area contributed by atoms with Crippen molar-refractivity contribution in [3.05, 3.63) is 88.3 Å². The van der Waals surface area contributed by atoms with Gasteiger partial charge in [-0.05, 0) is 47.8 Å². The monoisotopic (exact) mass is 419 g/mol. The van der Waals surface area contributed by atoms with Crippen LogP contribution in [0.1, 0.15) is 24.8 Å². The highest BCUT2D eigenvalue weighted by atomic mass is 32.1. The SMILES string of the molecule is CC(C)C(=O)C1=C(O)C(=O)N(c2ccc(Oc3ccccc3)cc2)C1c1cccs1. The topological polar surface area (TPSA) is 66.8 Å². The minimum absolute atomic E-state index is 0.155. The van der Waals surface area contributed by atoms with Gasteiger partial charge in [0.1, 0.15) is 17.5 Å². The molecule has 0 spiro atoms. The molecule has 1 aliphatic heterocycles. The van der Waals surface area contributed by atoms with Gasteiger partial charge in [0, 0.05) is 16.5 Å². The average molecular weight is 420 g/mol. The molecule has 1 unspecified atom stereocenters. The second-order valence-electron chi connectivity index (χ2n) is 7.28. The summed E-state index contributed by atoms with van der Waals surface area (Å²) in [5, 5.41) is 12.5. The third-order valence-corrected chi connectivity index (χ3v) is 5.83. The fraction of sp³-hybridized carbons (Fsp3) is 0.167. The van der Waals surface area contributed by atoms with Crippen molar-refractivity contribution in [1.82, 2.24) is 0 Å². The molecule has 0 saturated carbocycles. The van der Waals surface area contributed by atoms with Gasteiger partial charge in [0.25, 0.3) is 5.91 Å². The molecule has 6 heteroatoms. The van der Waals surface area contributed by atoms with Gasteiger partial charge in [-0.1, -0.05) is 38.1 Å². The van der Waals surface area contributed by atoms with E-state index in [4.69, 9.17) is 4.74 Å². The summed E-state index contributed by atoms with van der Waals surface area (Å²) in [7, 11) is 0. The standard InChI is InChI=1S/C24H21NO4S/c1-15(2)22(26)20-21(19-9-6-14-30-19)25(24(28)23(20)27)16-10-12-18(13-11-16)29-17-7-4-3-5-8-17/h3-15,21,27H,1-2H3. The van der Waals surface area contributed by atoms with Crippen LogP contribution in [0.4, 0.5) is 5.69 Å². The lowest BCUT2D eigenvalue weighted by atomic mass is 9.94. The summed E-state index contributed by atoms with van der Waals surface area (Å²) >= 11 is 1.44. The number of ether oxygens (including phenoxy) is 1. The summed E-state index contributed by atoms with van der Waals surface area (Å²) in [5.74, 6) is -0.279. The Morgan fingerprint density at radius 2 is 1.67 bits per heavy atom. The summed E-state index contributed by atoms with van der Waals surface area (Å²) in [5.41, 5.74) is 0.735. The van der Waals surface area contributed by atoms with Crippen LogP contribution >= 0.6 is 11.3 Å². The Morgan fingerprint density at radius 3 is 2.27 bits per heavy atom. The van der Waals surface area contributed by atoms with Crippen molar-refractivity contribution in [2.45, 2.75) is 19.9 Å². The molecule has 152 valence electrons. The first-order valence-corrected chi connectivity index (χ1v) is 10.5. The molecule has 0 saturated heterocycles. The van der Waals surface area contributed by atoms with Crippen LogP contribution in [0, 0.1) is 5.92 Å². The van der Waals surface area contributed by atoms with Crippen molar-refractivity contribution >= 4 is 28.7 Å². The lowest BCUT2D eigenvalue weighted by molar-refractivity contribution is -0.119. The summed E-state index contributed by atoms with van der Waals surface area (Å²) in [4.78, 5) is 28.1. The Kier molecular flexibility index (Phi) is 5.42. The van der Waals surface area contributed by atoms with Gasteiger partial charge in [0.2, 0.25) is 0 Å². The lowest BCUT2D eigenvalue weighted by Gasteiger charge is -2.26. The predicted octanol–water partition coefficient (Wildman–Crippen LogP) is 5.67. The molecule has 2 aromatic carbocycles. The molecule has 0 bridgehead atoms. The maximum atomic E-state index is 13.0. The van der Waals surface area contributed by atoms with E-state index in [-0.39, 0.29) is 17.3 Å². The number of ketones is 1. The van der Waals surface area contributed by atoms with Crippen molar-refractivity contribution < 1.29 is 19.4 Å². The molecule has 5 nitrogen and oxygen atoms in total. The van der Waals surface area contributed by atoms with Crippen LogP contribution < -0.4 is 9.64 Å². The zero-order valence-corrected chi connectivity index (χ0v) is 17.4. The van der Waals surface area contributed by atoms with Crippen LogP contribution in [0.25, 0.3) is 0 Å². The number of aliphatic hydroxyl groups excluding tert-OH is 1. The van der Waals surface area contributed by atoms with Crippen LogP contribution in [0.15, 0.2) is 83.4 Å². The van der Waals surface area contributed by atoms with E-state index in [1.807, 2.05) is 47.8 Å². The molecule has 2 heterocycles. The number of carbonyl (C=O) groups excluding carboxylic acids is 2. The summed E-state index contributed by atoms with van der Waals surface area (Å²) in [6.45, 7) is 3.52. The second kappa shape index (κ2) is 8.16. The maximum Gasteiger partial charge on any atom is 0.294 e. The number of benzene rings is 2. The first-order chi connectivity index (χ1) is 14.5. The lowest BCUT2D eigenvalue weighted by Crippen LogP contribution is -2.30. The van der Waals surface area contributed by atoms with Crippen molar-refractivity contribution in [1.29, 1.82) is 0 Å². The Morgan fingerprint density at radius 1 is 1.00 bits per heavy atom. The number of amides is 1. The molecule has 1 aromatic heterocycles. The van der Waals surface area contributed by atoms with Crippen molar-refractivity contribution in [2.24, 2.45) is 5.92 Å². The Hall–Kier alpha value is -3.38. The zero-order chi connectivity index (χ0) is 21.3. The molecular formula is C24H21NO4S. The Balaban J connectivity index is 1.69. The highest BCUT2D eigenvalue weighted by Gasteiger charge is 2.45. The molecule has 1 atom stereocenters. The number of rotatable bonds is 6. The number of anilines is 1. The number of hydrogen-bond acceptors (Lipinski definition) is 5. The quantitative estimate of drug-likeness (QED) is 0.559. The van der Waals surface area contributed by atoms with E-state index >= 15 is 0 Å². The molecule has 1 amide bonds. The van der Waals surface area contributed by atoms with E-state index in [9.17, 15) is 14.7 Å². The van der Waals surface area contributed by atoms with Crippen molar-refractivity contribution in [3.63, 3.8) is 0 Å². The molecular weight excluding hydrogens is 398 g/mol. The van der Waals surface area contributed by atoms with Gasteiger partial charge in [0.05, 0.1) is 5.57 Å². The van der Waals surface area contributed by atoms with Crippen LogP contribution in [-0.4, -0.2) is 16.8 Å². The smallest absolute Gasteiger partial charge is 0.294 e. The van der Waals surface area contributed by atoms with E-state index in [0.29, 0.717) is 17.2 Å². The number of carbonyl (C=O) groups is 2. The summed E-state index contributed by atoms with van der Waals surface area (Å²) in [6.07, 6.45) is 0. The highest BCUT2D eigenvalue weighted by Crippen LogP contribution is 2.43. The van der Waals surface area contributed by atoms with Crippen LogP contribution in [0.3, 0.4) is 0 Å². The van der Waals surface area contributed by atoms with Gasteiger partial charge in [-0.25, -0.2) is 0 Å². The largest absolute Gasteiger partial charge is 0.503 e. The van der Waals surface area contributed by atoms with E-state index in [1.54, 1.807) is 38.1 Å². The fourth-order valence-electron chi connectivity index (χ4n) is 3.45. The molecule has 3 aromatic rings. The fourth-order valence-corrected chi connectivity index (χ4v) is 4.27. The van der Waals surface area contributed by atoms with Crippen LogP contribution in [-0.2, 0) is 9.59 Å². The van der Waals surface area contributed by atoms with Crippen molar-refractivity contribution in [2.75, 3.05) is 4.90 Å². The predicted molar refractivity (Wildman–Crippen MR) is 117 cm³/mol. The van der Waals surface area contributed by atoms with Gasteiger partial charge in [-0.3, -0.25) is 14.5 Å². The van der Waals surface area contributed by atoms with Gasteiger partial charge in [-0.2, -0.15) is 0 Å². The Labute approximate surface area is 178 Å². The number of para-hydroxylation sites is 1. The number of Topliss-reactive ketones (excluding diaryl/α,β-unsaturated/α-hetero) is 1. The molecule has 0 fully saturated rings. The van der Waals surface area contributed by atoms with E-state index in [0.717, 1.165) is 4.88 Å². The van der Waals surface area contributed by atoms with Gasteiger partial charge in [0.15, 0.2) is 11.5 Å². The molecule has 0 radical (unpaired) electrons. The van der Waals surface area contributed by atoms with E-state index in [2.05, 4.69) is 0 Å². The summed E-state index contributed by atoms with van der Waals surface area (Å²) < 4.78 is 5.82.